The molecule has 0 aliphatic rings. The largest absolute Gasteiger partial charge is 0.444 e. The Hall–Kier alpha value is -1.27. The van der Waals surface area contributed by atoms with Crippen molar-refractivity contribution in [3.05, 3.63) is 29.8 Å². The molecular formula is C13H18ClNO4S. The number of benzene rings is 1. The minimum absolute atomic E-state index is 0.0626. The SMILES string of the molecule is CC(C)(C)OC(=O)NCCc1ccccc1S(=O)(=O)Cl. The number of nitrogens with one attached hydrogen (secondary N) is 1. The molecule has 1 aromatic rings. The summed E-state index contributed by atoms with van der Waals surface area (Å²) in [6, 6.07) is 6.41. The Bertz CT molecular complexity index is 578. The number of amides is 1. The highest BCUT2D eigenvalue weighted by Gasteiger charge is 2.17. The van der Waals surface area contributed by atoms with Gasteiger partial charge in [0.2, 0.25) is 0 Å². The van der Waals surface area contributed by atoms with Crippen LogP contribution in [0.15, 0.2) is 29.2 Å². The minimum Gasteiger partial charge on any atom is -0.444 e. The molecule has 0 radical (unpaired) electrons. The van der Waals surface area contributed by atoms with E-state index in [0.717, 1.165) is 0 Å². The van der Waals surface area contributed by atoms with E-state index in [1.807, 2.05) is 0 Å². The highest BCUT2D eigenvalue weighted by Crippen LogP contribution is 2.19. The van der Waals surface area contributed by atoms with Crippen LogP contribution in [-0.2, 0) is 20.2 Å². The van der Waals surface area contributed by atoms with E-state index < -0.39 is 20.7 Å². The van der Waals surface area contributed by atoms with Gasteiger partial charge in [-0.2, -0.15) is 0 Å². The molecule has 1 N–H and O–H groups in total. The van der Waals surface area contributed by atoms with E-state index in [4.69, 9.17) is 15.4 Å². The second-order valence-electron chi connectivity index (χ2n) is 5.22. The number of carbonyl (C=O) groups excluding carboxylic acids is 1. The molecule has 0 spiro atoms. The first-order chi connectivity index (χ1) is 9.09. The van der Waals surface area contributed by atoms with Crippen molar-refractivity contribution < 1.29 is 17.9 Å². The summed E-state index contributed by atoms with van der Waals surface area (Å²) in [6.45, 7) is 5.56. The smallest absolute Gasteiger partial charge is 0.407 e. The van der Waals surface area contributed by atoms with Crippen molar-refractivity contribution in [3.8, 4) is 0 Å². The van der Waals surface area contributed by atoms with Gasteiger partial charge in [0.25, 0.3) is 9.05 Å². The Labute approximate surface area is 123 Å². The van der Waals surface area contributed by atoms with Gasteiger partial charge in [-0.05, 0) is 38.8 Å². The number of carbonyl (C=O) groups is 1. The van der Waals surface area contributed by atoms with Crippen LogP contribution in [0.4, 0.5) is 4.79 Å². The maximum Gasteiger partial charge on any atom is 0.407 e. The molecule has 0 aromatic heterocycles. The summed E-state index contributed by atoms with van der Waals surface area (Å²) in [5.74, 6) is 0. The van der Waals surface area contributed by atoms with Crippen LogP contribution in [0.3, 0.4) is 0 Å². The van der Waals surface area contributed by atoms with Crippen LogP contribution in [0.2, 0.25) is 0 Å². The predicted octanol–water partition coefficient (Wildman–Crippen LogP) is 2.68. The Morgan fingerprint density at radius 3 is 2.45 bits per heavy atom. The van der Waals surface area contributed by atoms with Gasteiger partial charge in [0.15, 0.2) is 0 Å². The van der Waals surface area contributed by atoms with Crippen LogP contribution in [0.5, 0.6) is 0 Å². The average molecular weight is 320 g/mol. The lowest BCUT2D eigenvalue weighted by atomic mass is 10.1. The molecule has 0 unspecified atom stereocenters. The first-order valence-electron chi connectivity index (χ1n) is 6.09. The second kappa shape index (κ2) is 6.45. The summed E-state index contributed by atoms with van der Waals surface area (Å²) in [4.78, 5) is 11.5. The van der Waals surface area contributed by atoms with E-state index in [-0.39, 0.29) is 11.4 Å². The molecule has 0 saturated heterocycles. The standard InChI is InChI=1S/C13H18ClNO4S/c1-13(2,3)19-12(16)15-9-8-10-6-4-5-7-11(10)20(14,17)18/h4-7H,8-9H2,1-3H3,(H,15,16). The van der Waals surface area contributed by atoms with Crippen molar-refractivity contribution in [1.82, 2.24) is 5.32 Å². The molecule has 0 aliphatic carbocycles. The molecule has 0 aliphatic heterocycles. The molecule has 0 saturated carbocycles. The molecule has 0 fully saturated rings. The average Bonchev–Trinajstić information content (AvgIpc) is 2.25. The second-order valence-corrected chi connectivity index (χ2v) is 7.76. The number of rotatable bonds is 4. The molecule has 0 heterocycles. The first-order valence-corrected chi connectivity index (χ1v) is 8.40. The quantitative estimate of drug-likeness (QED) is 0.866. The van der Waals surface area contributed by atoms with Crippen molar-refractivity contribution in [2.75, 3.05) is 6.54 Å². The van der Waals surface area contributed by atoms with Gasteiger partial charge < -0.3 is 10.1 Å². The molecule has 5 nitrogen and oxygen atoms in total. The van der Waals surface area contributed by atoms with Gasteiger partial charge in [-0.25, -0.2) is 13.2 Å². The van der Waals surface area contributed by atoms with Crippen molar-refractivity contribution >= 4 is 25.8 Å². The lowest BCUT2D eigenvalue weighted by Crippen LogP contribution is -2.33. The van der Waals surface area contributed by atoms with E-state index in [1.54, 1.807) is 39.0 Å². The van der Waals surface area contributed by atoms with E-state index >= 15 is 0 Å². The predicted molar refractivity (Wildman–Crippen MR) is 77.4 cm³/mol. The highest BCUT2D eigenvalue weighted by atomic mass is 35.7. The summed E-state index contributed by atoms with van der Waals surface area (Å²) >= 11 is 0. The van der Waals surface area contributed by atoms with Gasteiger partial charge in [0, 0.05) is 17.2 Å². The molecule has 1 amide bonds. The molecule has 112 valence electrons. The lowest BCUT2D eigenvalue weighted by Gasteiger charge is -2.19. The van der Waals surface area contributed by atoms with E-state index in [1.165, 1.54) is 6.07 Å². The maximum atomic E-state index is 11.5. The monoisotopic (exact) mass is 319 g/mol. The number of hydrogen-bond donors (Lipinski definition) is 1. The van der Waals surface area contributed by atoms with Gasteiger partial charge in [-0.15, -0.1) is 0 Å². The maximum absolute atomic E-state index is 11.5. The van der Waals surface area contributed by atoms with Crippen LogP contribution in [0.1, 0.15) is 26.3 Å². The van der Waals surface area contributed by atoms with Crippen LogP contribution in [0.25, 0.3) is 0 Å². The van der Waals surface area contributed by atoms with Crippen molar-refractivity contribution in [3.63, 3.8) is 0 Å². The van der Waals surface area contributed by atoms with Crippen LogP contribution >= 0.6 is 10.7 Å². The summed E-state index contributed by atoms with van der Waals surface area (Å²) in [5, 5.41) is 2.57. The van der Waals surface area contributed by atoms with Gasteiger partial charge in [0.1, 0.15) is 5.60 Å². The van der Waals surface area contributed by atoms with Crippen LogP contribution in [-0.4, -0.2) is 26.7 Å². The molecule has 0 atom stereocenters. The zero-order chi connectivity index (χ0) is 15.4. The van der Waals surface area contributed by atoms with E-state index in [0.29, 0.717) is 12.0 Å². The molecule has 0 bridgehead atoms. The molecule has 1 rings (SSSR count). The fraction of sp³-hybridized carbons (Fsp3) is 0.462. The third kappa shape index (κ3) is 5.79. The van der Waals surface area contributed by atoms with Gasteiger partial charge >= 0.3 is 6.09 Å². The van der Waals surface area contributed by atoms with Gasteiger partial charge in [-0.3, -0.25) is 0 Å². The Kier molecular flexibility index (Phi) is 5.42. The van der Waals surface area contributed by atoms with Crippen molar-refractivity contribution in [1.29, 1.82) is 0 Å². The third-order valence-electron chi connectivity index (χ3n) is 2.30. The zero-order valence-corrected chi connectivity index (χ0v) is 13.2. The summed E-state index contributed by atoms with van der Waals surface area (Å²) in [5.41, 5.74) is -0.0138. The van der Waals surface area contributed by atoms with Crippen molar-refractivity contribution in [2.45, 2.75) is 37.7 Å². The van der Waals surface area contributed by atoms with Crippen molar-refractivity contribution in [2.24, 2.45) is 0 Å². The summed E-state index contributed by atoms with van der Waals surface area (Å²) < 4.78 is 27.9. The van der Waals surface area contributed by atoms with Gasteiger partial charge in [0.05, 0.1) is 4.90 Å². The van der Waals surface area contributed by atoms with E-state index in [2.05, 4.69) is 5.32 Å². The van der Waals surface area contributed by atoms with E-state index in [9.17, 15) is 13.2 Å². The lowest BCUT2D eigenvalue weighted by molar-refractivity contribution is 0.0528. The molecule has 20 heavy (non-hydrogen) atoms. The number of ether oxygens (including phenoxy) is 1. The summed E-state index contributed by atoms with van der Waals surface area (Å²) in [6.07, 6.45) is -0.190. The third-order valence-corrected chi connectivity index (χ3v) is 3.72. The summed E-state index contributed by atoms with van der Waals surface area (Å²) in [7, 11) is 1.57. The Balaban J connectivity index is 2.62. The van der Waals surface area contributed by atoms with Crippen LogP contribution in [0, 0.1) is 0 Å². The van der Waals surface area contributed by atoms with Crippen LogP contribution < -0.4 is 5.32 Å². The number of hydrogen-bond acceptors (Lipinski definition) is 4. The topological polar surface area (TPSA) is 72.5 Å². The molecule has 7 heteroatoms. The highest BCUT2D eigenvalue weighted by molar-refractivity contribution is 8.13. The minimum atomic E-state index is -3.78. The van der Waals surface area contributed by atoms with Gasteiger partial charge in [-0.1, -0.05) is 18.2 Å². The molecule has 1 aromatic carbocycles. The number of halogens is 1. The number of alkyl carbamates (subject to hydrolysis) is 1. The Morgan fingerprint density at radius 1 is 1.30 bits per heavy atom. The molecular weight excluding hydrogens is 302 g/mol. The first kappa shape index (κ1) is 16.8. The fourth-order valence-electron chi connectivity index (χ4n) is 1.56. The fourth-order valence-corrected chi connectivity index (χ4v) is 2.74. The zero-order valence-electron chi connectivity index (χ0n) is 11.6. The Morgan fingerprint density at radius 2 is 1.90 bits per heavy atom. The normalized spacial score (nSPS) is 12.0.